The maximum Gasteiger partial charge on any atom is 0.293 e. The lowest BCUT2D eigenvalue weighted by molar-refractivity contribution is 0.415. The average Bonchev–Trinajstić information content (AvgIpc) is 3.15. The summed E-state index contributed by atoms with van der Waals surface area (Å²) in [7, 11) is 1.61. The molecule has 0 amide bonds. The number of fused-ring (bicyclic) bond motifs is 3. The molecule has 1 N–H and O–H groups in total. The molecular formula is C22H15ClN6O2. The van der Waals surface area contributed by atoms with E-state index in [4.69, 9.17) is 21.3 Å². The molecule has 31 heavy (non-hydrogen) atoms. The monoisotopic (exact) mass is 430 g/mol. The van der Waals surface area contributed by atoms with Crippen molar-refractivity contribution in [3.63, 3.8) is 0 Å². The molecule has 5 rings (SSSR count). The van der Waals surface area contributed by atoms with E-state index in [2.05, 4.69) is 20.4 Å². The van der Waals surface area contributed by atoms with Crippen LogP contribution < -0.4 is 15.6 Å². The molecule has 0 aliphatic heterocycles. The van der Waals surface area contributed by atoms with Gasteiger partial charge < -0.3 is 10.1 Å². The zero-order valence-corrected chi connectivity index (χ0v) is 17.0. The molecule has 0 radical (unpaired) electrons. The number of ether oxygens (including phenoxy) is 1. The number of para-hydroxylation sites is 1. The van der Waals surface area contributed by atoms with Crippen LogP contribution in [0.5, 0.6) is 5.75 Å². The third-order valence-electron chi connectivity index (χ3n) is 4.73. The van der Waals surface area contributed by atoms with Gasteiger partial charge in [0.15, 0.2) is 11.5 Å². The Kier molecular flexibility index (Phi) is 4.68. The van der Waals surface area contributed by atoms with Crippen LogP contribution in [0.1, 0.15) is 0 Å². The maximum atomic E-state index is 12.3. The smallest absolute Gasteiger partial charge is 0.293 e. The molecular weight excluding hydrogens is 416 g/mol. The van der Waals surface area contributed by atoms with Crippen molar-refractivity contribution in [1.29, 1.82) is 0 Å². The molecule has 0 aliphatic carbocycles. The fourth-order valence-electron chi connectivity index (χ4n) is 3.21. The Morgan fingerprint density at radius 3 is 2.65 bits per heavy atom. The predicted octanol–water partition coefficient (Wildman–Crippen LogP) is 4.11. The average molecular weight is 431 g/mol. The SMILES string of the molecule is COc1ccc(-c2nc3c4cccc(Cl)c4nc(Nc4ccccnc4=O)n3n2)cc1. The van der Waals surface area contributed by atoms with Gasteiger partial charge in [0.1, 0.15) is 11.4 Å². The van der Waals surface area contributed by atoms with Gasteiger partial charge in [-0.05, 0) is 48.5 Å². The van der Waals surface area contributed by atoms with Crippen LogP contribution in [0, 0.1) is 0 Å². The number of nitrogens with zero attached hydrogens (tertiary/aromatic N) is 5. The molecule has 8 nitrogen and oxygen atoms in total. The minimum Gasteiger partial charge on any atom is -0.497 e. The molecule has 3 heterocycles. The molecule has 0 saturated carbocycles. The van der Waals surface area contributed by atoms with Gasteiger partial charge in [-0.2, -0.15) is 4.52 Å². The van der Waals surface area contributed by atoms with Gasteiger partial charge in [0.25, 0.3) is 5.56 Å². The fourth-order valence-corrected chi connectivity index (χ4v) is 3.43. The first-order valence-corrected chi connectivity index (χ1v) is 9.73. The van der Waals surface area contributed by atoms with Crippen LogP contribution in [0.15, 0.2) is 71.7 Å². The van der Waals surface area contributed by atoms with Crippen molar-refractivity contribution in [1.82, 2.24) is 24.6 Å². The lowest BCUT2D eigenvalue weighted by atomic mass is 10.2. The van der Waals surface area contributed by atoms with E-state index in [9.17, 15) is 4.79 Å². The molecule has 9 heteroatoms. The first-order chi connectivity index (χ1) is 15.1. The summed E-state index contributed by atoms with van der Waals surface area (Å²) in [5.41, 5.74) is 1.75. The number of nitrogens with one attached hydrogen (secondary N) is 1. The molecule has 2 aromatic carbocycles. The molecule has 5 aromatic rings. The van der Waals surface area contributed by atoms with Gasteiger partial charge in [0, 0.05) is 17.1 Å². The molecule has 0 atom stereocenters. The van der Waals surface area contributed by atoms with Crippen LogP contribution in [0.25, 0.3) is 27.9 Å². The number of aromatic nitrogens is 5. The van der Waals surface area contributed by atoms with Crippen molar-refractivity contribution in [3.05, 3.63) is 82.2 Å². The summed E-state index contributed by atoms with van der Waals surface area (Å²) in [5.74, 6) is 1.54. The van der Waals surface area contributed by atoms with Gasteiger partial charge in [-0.3, -0.25) is 4.79 Å². The van der Waals surface area contributed by atoms with Gasteiger partial charge in [0.05, 0.1) is 17.6 Å². The number of rotatable bonds is 4. The number of anilines is 2. The first kappa shape index (κ1) is 19.0. The van der Waals surface area contributed by atoms with Crippen molar-refractivity contribution >= 4 is 39.8 Å². The molecule has 0 spiro atoms. The van der Waals surface area contributed by atoms with Crippen molar-refractivity contribution in [2.24, 2.45) is 0 Å². The van der Waals surface area contributed by atoms with E-state index in [1.807, 2.05) is 36.4 Å². The Morgan fingerprint density at radius 1 is 1.00 bits per heavy atom. The molecule has 0 unspecified atom stereocenters. The van der Waals surface area contributed by atoms with Crippen molar-refractivity contribution in [3.8, 4) is 17.1 Å². The Bertz CT molecular complexity index is 1480. The highest BCUT2D eigenvalue weighted by atomic mass is 35.5. The van der Waals surface area contributed by atoms with E-state index in [0.717, 1.165) is 16.7 Å². The summed E-state index contributed by atoms with van der Waals surface area (Å²) in [4.78, 5) is 25.5. The fraction of sp³-hybridized carbons (Fsp3) is 0.0455. The summed E-state index contributed by atoms with van der Waals surface area (Å²) in [5, 5.41) is 8.88. The third kappa shape index (κ3) is 3.43. The second-order valence-electron chi connectivity index (χ2n) is 6.64. The summed E-state index contributed by atoms with van der Waals surface area (Å²) in [6.45, 7) is 0. The highest BCUT2D eigenvalue weighted by molar-refractivity contribution is 6.35. The Hall–Kier alpha value is -4.04. The van der Waals surface area contributed by atoms with E-state index in [1.54, 1.807) is 35.9 Å². The highest BCUT2D eigenvalue weighted by Crippen LogP contribution is 2.29. The van der Waals surface area contributed by atoms with Gasteiger partial charge in [-0.25, -0.2) is 15.0 Å². The molecule has 0 saturated heterocycles. The number of benzene rings is 2. The van der Waals surface area contributed by atoms with E-state index < -0.39 is 5.56 Å². The van der Waals surface area contributed by atoms with Crippen LogP contribution in [-0.2, 0) is 0 Å². The quantitative estimate of drug-likeness (QED) is 0.458. The lowest BCUT2D eigenvalue weighted by Crippen LogP contribution is -2.11. The lowest BCUT2D eigenvalue weighted by Gasteiger charge is -2.08. The van der Waals surface area contributed by atoms with E-state index in [-0.39, 0.29) is 5.69 Å². The van der Waals surface area contributed by atoms with Crippen LogP contribution in [0.4, 0.5) is 11.6 Å². The predicted molar refractivity (Wildman–Crippen MR) is 119 cm³/mol. The van der Waals surface area contributed by atoms with E-state index >= 15 is 0 Å². The molecule has 3 aromatic heterocycles. The Morgan fingerprint density at radius 2 is 1.84 bits per heavy atom. The molecule has 152 valence electrons. The number of hydrogen-bond acceptors (Lipinski definition) is 7. The normalized spacial score (nSPS) is 11.0. The highest BCUT2D eigenvalue weighted by Gasteiger charge is 2.17. The van der Waals surface area contributed by atoms with Crippen molar-refractivity contribution in [2.45, 2.75) is 0 Å². The van der Waals surface area contributed by atoms with Crippen LogP contribution >= 0.6 is 11.6 Å². The number of halogens is 1. The summed E-state index contributed by atoms with van der Waals surface area (Å²) < 4.78 is 6.78. The van der Waals surface area contributed by atoms with Crippen molar-refractivity contribution in [2.75, 3.05) is 12.4 Å². The molecule has 0 fully saturated rings. The molecule has 0 bridgehead atoms. The van der Waals surface area contributed by atoms with E-state index in [0.29, 0.717) is 28.0 Å². The second kappa shape index (κ2) is 7.66. The van der Waals surface area contributed by atoms with E-state index in [1.165, 1.54) is 6.20 Å². The zero-order chi connectivity index (χ0) is 21.4. The van der Waals surface area contributed by atoms with Gasteiger partial charge in [-0.1, -0.05) is 23.7 Å². The van der Waals surface area contributed by atoms with Crippen molar-refractivity contribution < 1.29 is 4.74 Å². The standard InChI is InChI=1S/C22H15ClN6O2/c1-31-14-10-8-13(9-11-14)19-27-20-15-5-4-6-16(23)18(15)26-22(29(20)28-19)25-17-7-2-3-12-24-21(17)30/h2-12H,1H3,(H,24,25,26,30). The van der Waals surface area contributed by atoms with Gasteiger partial charge >= 0.3 is 0 Å². The summed E-state index contributed by atoms with van der Waals surface area (Å²) in [6.07, 6.45) is 1.44. The number of hydrogen-bond donors (Lipinski definition) is 1. The third-order valence-corrected chi connectivity index (χ3v) is 5.04. The first-order valence-electron chi connectivity index (χ1n) is 9.36. The van der Waals surface area contributed by atoms with Crippen LogP contribution in [0.2, 0.25) is 5.02 Å². The topological polar surface area (TPSA) is 94.3 Å². The largest absolute Gasteiger partial charge is 0.497 e. The summed E-state index contributed by atoms with van der Waals surface area (Å²) in [6, 6.07) is 17.9. The van der Waals surface area contributed by atoms with Crippen LogP contribution in [0.3, 0.4) is 0 Å². The molecule has 0 aliphatic rings. The van der Waals surface area contributed by atoms with Crippen LogP contribution in [-0.4, -0.2) is 31.7 Å². The second-order valence-corrected chi connectivity index (χ2v) is 7.05. The minimum absolute atomic E-state index is 0.256. The van der Waals surface area contributed by atoms with Gasteiger partial charge in [0.2, 0.25) is 5.95 Å². The van der Waals surface area contributed by atoms with Gasteiger partial charge in [-0.15, -0.1) is 5.10 Å². The Balaban J connectivity index is 1.75. The maximum absolute atomic E-state index is 12.3. The number of methoxy groups -OCH3 is 1. The Labute approximate surface area is 181 Å². The zero-order valence-electron chi connectivity index (χ0n) is 16.3. The summed E-state index contributed by atoms with van der Waals surface area (Å²) >= 11 is 6.41. The minimum atomic E-state index is -0.422.